The van der Waals surface area contributed by atoms with Crippen LogP contribution in [0.4, 0.5) is 0 Å². The minimum Gasteiger partial charge on any atom is -0.491 e. The second-order valence-corrected chi connectivity index (χ2v) is 4.51. The topological polar surface area (TPSA) is 51.5 Å². The molecule has 0 bridgehead atoms. The number of nitrogens with zero attached hydrogens (tertiary/aromatic N) is 1. The Morgan fingerprint density at radius 3 is 2.58 bits per heavy atom. The number of nitriles is 1. The van der Waals surface area contributed by atoms with Gasteiger partial charge in [-0.05, 0) is 30.5 Å². The van der Waals surface area contributed by atoms with E-state index in [-0.39, 0.29) is 0 Å². The third-order valence-electron chi connectivity index (χ3n) is 3.08. The van der Waals surface area contributed by atoms with Crippen LogP contribution in [0, 0.1) is 11.3 Å². The van der Waals surface area contributed by atoms with Gasteiger partial charge in [-0.15, -0.1) is 0 Å². The van der Waals surface area contributed by atoms with E-state index in [9.17, 15) is 0 Å². The Hall–Kier alpha value is -1.57. The van der Waals surface area contributed by atoms with Crippen molar-refractivity contribution in [3.8, 4) is 11.8 Å². The van der Waals surface area contributed by atoms with Crippen LogP contribution in [0.25, 0.3) is 0 Å². The third-order valence-corrected chi connectivity index (χ3v) is 3.08. The largest absolute Gasteiger partial charge is 0.491 e. The highest BCUT2D eigenvalue weighted by Gasteiger charge is 2.13. The van der Waals surface area contributed by atoms with Crippen LogP contribution < -0.4 is 4.74 Å². The van der Waals surface area contributed by atoms with Gasteiger partial charge in [0.1, 0.15) is 12.4 Å². The van der Waals surface area contributed by atoms with E-state index in [2.05, 4.69) is 6.07 Å². The van der Waals surface area contributed by atoms with Gasteiger partial charge in [-0.1, -0.05) is 12.1 Å². The van der Waals surface area contributed by atoms with Crippen LogP contribution in [-0.2, 0) is 15.9 Å². The van der Waals surface area contributed by atoms with E-state index in [4.69, 9.17) is 19.5 Å². The summed E-state index contributed by atoms with van der Waals surface area (Å²) in [6.07, 6.45) is 2.70. The summed E-state index contributed by atoms with van der Waals surface area (Å²) in [6.45, 7) is 2.75. The van der Waals surface area contributed by atoms with Crippen LogP contribution in [0.15, 0.2) is 24.3 Å². The molecule has 0 unspecified atom stereocenters. The summed E-state index contributed by atoms with van der Waals surface area (Å²) in [5.74, 6) is 0.817. The Morgan fingerprint density at radius 1 is 1.16 bits per heavy atom. The molecule has 0 spiro atoms. The van der Waals surface area contributed by atoms with E-state index in [0.29, 0.717) is 25.7 Å². The maximum atomic E-state index is 8.58. The van der Waals surface area contributed by atoms with Crippen LogP contribution >= 0.6 is 0 Å². The number of ether oxygens (including phenoxy) is 3. The SMILES string of the molecule is N#CCc1ccc(OCCOC2CCOCC2)cc1. The lowest BCUT2D eigenvalue weighted by molar-refractivity contribution is -0.0388. The first-order chi connectivity index (χ1) is 9.38. The smallest absolute Gasteiger partial charge is 0.119 e. The van der Waals surface area contributed by atoms with Crippen molar-refractivity contribution in [3.63, 3.8) is 0 Å². The Balaban J connectivity index is 1.63. The molecule has 0 atom stereocenters. The lowest BCUT2D eigenvalue weighted by atomic mass is 10.1. The number of hydrogen-bond acceptors (Lipinski definition) is 4. The third kappa shape index (κ3) is 4.90. The predicted molar refractivity (Wildman–Crippen MR) is 71.0 cm³/mol. The second kappa shape index (κ2) is 7.78. The number of hydrogen-bond donors (Lipinski definition) is 0. The first kappa shape index (κ1) is 13.9. The Kier molecular flexibility index (Phi) is 5.67. The van der Waals surface area contributed by atoms with E-state index >= 15 is 0 Å². The lowest BCUT2D eigenvalue weighted by Gasteiger charge is -2.22. The summed E-state index contributed by atoms with van der Waals surface area (Å²) in [5.41, 5.74) is 1.01. The predicted octanol–water partition coefficient (Wildman–Crippen LogP) is 2.33. The van der Waals surface area contributed by atoms with Gasteiger partial charge in [0.05, 0.1) is 25.2 Å². The average Bonchev–Trinajstić information content (AvgIpc) is 2.47. The van der Waals surface area contributed by atoms with Crippen LogP contribution in [0.5, 0.6) is 5.75 Å². The standard InChI is InChI=1S/C15H19NO3/c16-8-5-13-1-3-14(4-2-13)18-11-12-19-15-6-9-17-10-7-15/h1-4,15H,5-7,9-12H2. The van der Waals surface area contributed by atoms with Gasteiger partial charge in [-0.2, -0.15) is 5.26 Å². The van der Waals surface area contributed by atoms with Crippen molar-refractivity contribution in [1.82, 2.24) is 0 Å². The maximum Gasteiger partial charge on any atom is 0.119 e. The van der Waals surface area contributed by atoms with Gasteiger partial charge in [-0.25, -0.2) is 0 Å². The van der Waals surface area contributed by atoms with Gasteiger partial charge < -0.3 is 14.2 Å². The minimum atomic E-state index is 0.315. The van der Waals surface area contributed by atoms with Gasteiger partial charge in [-0.3, -0.25) is 0 Å². The van der Waals surface area contributed by atoms with E-state index in [1.54, 1.807) is 0 Å². The fourth-order valence-electron chi connectivity index (χ4n) is 2.01. The van der Waals surface area contributed by atoms with Crippen molar-refractivity contribution in [2.45, 2.75) is 25.4 Å². The molecular weight excluding hydrogens is 242 g/mol. The summed E-state index contributed by atoms with van der Waals surface area (Å²) in [6, 6.07) is 9.73. The van der Waals surface area contributed by atoms with Crippen molar-refractivity contribution < 1.29 is 14.2 Å². The molecule has 102 valence electrons. The molecule has 1 saturated heterocycles. The van der Waals surface area contributed by atoms with Gasteiger partial charge in [0, 0.05) is 13.2 Å². The molecule has 4 heteroatoms. The highest BCUT2D eigenvalue weighted by atomic mass is 16.5. The summed E-state index contributed by atoms with van der Waals surface area (Å²) in [5, 5.41) is 8.58. The molecule has 0 aliphatic carbocycles. The summed E-state index contributed by atoms with van der Waals surface area (Å²) in [4.78, 5) is 0. The van der Waals surface area contributed by atoms with Gasteiger partial charge >= 0.3 is 0 Å². The molecule has 1 aliphatic heterocycles. The van der Waals surface area contributed by atoms with E-state index in [1.165, 1.54) is 0 Å². The highest BCUT2D eigenvalue weighted by Crippen LogP contribution is 2.13. The number of benzene rings is 1. The van der Waals surface area contributed by atoms with Gasteiger partial charge in [0.15, 0.2) is 0 Å². The van der Waals surface area contributed by atoms with E-state index in [1.807, 2.05) is 24.3 Å². The summed E-state index contributed by atoms with van der Waals surface area (Å²) in [7, 11) is 0. The van der Waals surface area contributed by atoms with E-state index < -0.39 is 0 Å². The van der Waals surface area contributed by atoms with Crippen molar-refractivity contribution in [1.29, 1.82) is 5.26 Å². The highest BCUT2D eigenvalue weighted by molar-refractivity contribution is 5.28. The molecule has 1 aliphatic rings. The summed E-state index contributed by atoms with van der Waals surface area (Å²) >= 11 is 0. The van der Waals surface area contributed by atoms with Crippen molar-refractivity contribution in [2.75, 3.05) is 26.4 Å². The monoisotopic (exact) mass is 261 g/mol. The molecule has 2 rings (SSSR count). The fourth-order valence-corrected chi connectivity index (χ4v) is 2.01. The van der Waals surface area contributed by atoms with Gasteiger partial charge in [0.25, 0.3) is 0 Å². The van der Waals surface area contributed by atoms with Crippen LogP contribution in [0.3, 0.4) is 0 Å². The van der Waals surface area contributed by atoms with E-state index in [0.717, 1.165) is 37.4 Å². The van der Waals surface area contributed by atoms with Crippen LogP contribution in [0.2, 0.25) is 0 Å². The lowest BCUT2D eigenvalue weighted by Crippen LogP contribution is -2.25. The second-order valence-electron chi connectivity index (χ2n) is 4.51. The first-order valence-electron chi connectivity index (χ1n) is 6.66. The van der Waals surface area contributed by atoms with Crippen LogP contribution in [-0.4, -0.2) is 32.5 Å². The normalized spacial score (nSPS) is 15.9. The molecule has 1 aromatic carbocycles. The molecular formula is C15H19NO3. The molecule has 1 aromatic rings. The zero-order chi connectivity index (χ0) is 13.3. The molecule has 1 fully saturated rings. The number of rotatable bonds is 6. The van der Waals surface area contributed by atoms with Crippen molar-refractivity contribution in [3.05, 3.63) is 29.8 Å². The maximum absolute atomic E-state index is 8.58. The molecule has 0 N–H and O–H groups in total. The molecule has 1 heterocycles. The molecule has 0 radical (unpaired) electrons. The first-order valence-corrected chi connectivity index (χ1v) is 6.66. The molecule has 4 nitrogen and oxygen atoms in total. The Bertz CT molecular complexity index is 404. The quantitative estimate of drug-likeness (QED) is 0.737. The van der Waals surface area contributed by atoms with Crippen LogP contribution in [0.1, 0.15) is 18.4 Å². The van der Waals surface area contributed by atoms with Gasteiger partial charge in [0.2, 0.25) is 0 Å². The Morgan fingerprint density at radius 2 is 1.89 bits per heavy atom. The van der Waals surface area contributed by atoms with Crippen molar-refractivity contribution in [2.24, 2.45) is 0 Å². The molecule has 0 aromatic heterocycles. The zero-order valence-electron chi connectivity index (χ0n) is 11.0. The zero-order valence-corrected chi connectivity index (χ0v) is 11.0. The van der Waals surface area contributed by atoms with Crippen molar-refractivity contribution >= 4 is 0 Å². The molecule has 0 amide bonds. The Labute approximate surface area is 113 Å². The fraction of sp³-hybridized carbons (Fsp3) is 0.533. The molecule has 19 heavy (non-hydrogen) atoms. The molecule has 0 saturated carbocycles. The minimum absolute atomic E-state index is 0.315. The average molecular weight is 261 g/mol. The summed E-state index contributed by atoms with van der Waals surface area (Å²) < 4.78 is 16.6.